The van der Waals surface area contributed by atoms with E-state index < -0.39 is 0 Å². The van der Waals surface area contributed by atoms with Crippen LogP contribution in [-0.4, -0.2) is 42.3 Å². The summed E-state index contributed by atoms with van der Waals surface area (Å²) in [4.78, 5) is 18.5. The van der Waals surface area contributed by atoms with Gasteiger partial charge in [0.25, 0.3) is 5.91 Å². The fraction of sp³-hybridized carbons (Fsp3) is 0.429. The molecule has 3 rings (SSSR count). The number of aromatic nitrogens is 1. The molecule has 1 fully saturated rings. The van der Waals surface area contributed by atoms with Crippen LogP contribution in [-0.2, 0) is 4.74 Å². The molecule has 6 nitrogen and oxygen atoms in total. The van der Waals surface area contributed by atoms with E-state index in [4.69, 9.17) is 9.47 Å². The summed E-state index contributed by atoms with van der Waals surface area (Å²) in [6.07, 6.45) is 1.52. The van der Waals surface area contributed by atoms with E-state index in [2.05, 4.69) is 10.3 Å². The smallest absolute Gasteiger partial charge is 0.257 e. The van der Waals surface area contributed by atoms with Gasteiger partial charge >= 0.3 is 0 Å². The molecule has 2 aromatic rings. The van der Waals surface area contributed by atoms with Crippen LogP contribution in [0.2, 0.25) is 0 Å². The van der Waals surface area contributed by atoms with E-state index in [1.807, 2.05) is 32.6 Å². The van der Waals surface area contributed by atoms with Gasteiger partial charge in [-0.15, -0.1) is 0 Å². The van der Waals surface area contributed by atoms with Crippen molar-refractivity contribution in [3.05, 3.63) is 47.9 Å². The highest BCUT2D eigenvalue weighted by Crippen LogP contribution is 2.26. The first-order valence-electron chi connectivity index (χ1n) is 9.46. The van der Waals surface area contributed by atoms with Gasteiger partial charge in [0.1, 0.15) is 5.82 Å². The zero-order chi connectivity index (χ0) is 20.3. The minimum Gasteiger partial charge on any atom is -0.475 e. The first kappa shape index (κ1) is 20.1. The van der Waals surface area contributed by atoms with Crippen molar-refractivity contribution in [3.63, 3.8) is 0 Å². The van der Waals surface area contributed by atoms with Crippen LogP contribution >= 0.6 is 0 Å². The molecule has 1 N–H and O–H groups in total. The van der Waals surface area contributed by atoms with Gasteiger partial charge in [-0.05, 0) is 52.0 Å². The van der Waals surface area contributed by atoms with Crippen LogP contribution in [0, 0.1) is 5.82 Å². The highest BCUT2D eigenvalue weighted by Gasteiger charge is 2.24. The second kappa shape index (κ2) is 8.56. The molecule has 150 valence electrons. The maximum atomic E-state index is 14.7. The first-order valence-corrected chi connectivity index (χ1v) is 9.46. The number of hydrogen-bond donors (Lipinski definition) is 1. The molecular formula is C21H26FN3O3. The number of anilines is 2. The summed E-state index contributed by atoms with van der Waals surface area (Å²) >= 11 is 0. The fourth-order valence-electron chi connectivity index (χ4n) is 3.24. The Hall–Kier alpha value is -2.67. The van der Waals surface area contributed by atoms with Crippen molar-refractivity contribution in [1.82, 2.24) is 4.98 Å². The predicted molar refractivity (Wildman–Crippen MR) is 107 cm³/mol. The molecule has 0 saturated carbocycles. The molecule has 2 heterocycles. The Morgan fingerprint density at radius 3 is 2.54 bits per heavy atom. The summed E-state index contributed by atoms with van der Waals surface area (Å²) in [5.74, 6) is -0.279. The molecule has 0 bridgehead atoms. The van der Waals surface area contributed by atoms with E-state index in [-0.39, 0.29) is 30.0 Å². The number of carbonyl (C=O) groups is 1. The fourth-order valence-corrected chi connectivity index (χ4v) is 3.24. The Bertz CT molecular complexity index is 816. The predicted octanol–water partition coefficient (Wildman–Crippen LogP) is 3.87. The quantitative estimate of drug-likeness (QED) is 0.844. The summed E-state index contributed by atoms with van der Waals surface area (Å²) in [5.41, 5.74) is 1.27. The average molecular weight is 387 g/mol. The largest absolute Gasteiger partial charge is 0.475 e. The maximum Gasteiger partial charge on any atom is 0.257 e. The molecule has 0 radical (unpaired) electrons. The number of benzene rings is 1. The van der Waals surface area contributed by atoms with Gasteiger partial charge in [-0.25, -0.2) is 9.37 Å². The number of carbonyl (C=O) groups excluding carboxylic acids is 1. The molecule has 1 aliphatic heterocycles. The Morgan fingerprint density at radius 2 is 1.96 bits per heavy atom. The molecule has 2 atom stereocenters. The second-order valence-corrected chi connectivity index (χ2v) is 7.33. The maximum absolute atomic E-state index is 14.7. The number of amides is 1. The Kier molecular flexibility index (Phi) is 6.14. The summed E-state index contributed by atoms with van der Waals surface area (Å²) in [7, 11) is 0. The van der Waals surface area contributed by atoms with Gasteiger partial charge in [0.05, 0.1) is 29.6 Å². The topological polar surface area (TPSA) is 63.7 Å². The minimum absolute atomic E-state index is 0.00566. The highest BCUT2D eigenvalue weighted by atomic mass is 19.1. The normalized spacial score (nSPS) is 19.6. The number of pyridine rings is 1. The summed E-state index contributed by atoms with van der Waals surface area (Å²) in [6, 6.07) is 7.99. The van der Waals surface area contributed by atoms with E-state index in [9.17, 15) is 9.18 Å². The van der Waals surface area contributed by atoms with Crippen LogP contribution in [0.1, 0.15) is 38.1 Å². The molecule has 1 aromatic carbocycles. The number of hydrogen-bond acceptors (Lipinski definition) is 5. The number of ether oxygens (including phenoxy) is 2. The summed E-state index contributed by atoms with van der Waals surface area (Å²) < 4.78 is 25.8. The number of nitrogens with one attached hydrogen (secondary N) is 1. The van der Waals surface area contributed by atoms with Gasteiger partial charge in [0.2, 0.25) is 5.88 Å². The van der Waals surface area contributed by atoms with Gasteiger partial charge < -0.3 is 19.7 Å². The lowest BCUT2D eigenvalue weighted by molar-refractivity contribution is -0.00539. The van der Waals surface area contributed by atoms with Crippen LogP contribution in [0.4, 0.5) is 15.8 Å². The zero-order valence-corrected chi connectivity index (χ0v) is 16.6. The van der Waals surface area contributed by atoms with Crippen LogP contribution in [0.25, 0.3) is 0 Å². The molecule has 7 heteroatoms. The number of rotatable bonds is 5. The third-order valence-electron chi connectivity index (χ3n) is 4.32. The molecule has 1 amide bonds. The lowest BCUT2D eigenvalue weighted by Gasteiger charge is -2.37. The van der Waals surface area contributed by atoms with Crippen molar-refractivity contribution in [2.45, 2.75) is 46.0 Å². The standard InChI is InChI=1S/C21H26FN3O3/c1-13(2)27-20-8-5-16(10-23-20)21(26)24-17-6-7-19(18(22)9-17)25-11-14(3)28-15(4)12-25/h5-10,13-15H,11-12H2,1-4H3,(H,24,26)/t14-,15+. The number of nitrogens with zero attached hydrogens (tertiary/aromatic N) is 2. The van der Waals surface area contributed by atoms with Gasteiger partial charge in [-0.3, -0.25) is 4.79 Å². The van der Waals surface area contributed by atoms with E-state index in [1.54, 1.807) is 24.3 Å². The molecule has 0 aliphatic carbocycles. The Labute approximate surface area is 164 Å². The first-order chi connectivity index (χ1) is 13.3. The minimum atomic E-state index is -0.377. The summed E-state index contributed by atoms with van der Waals surface area (Å²) in [5, 5.41) is 2.70. The van der Waals surface area contributed by atoms with Crippen molar-refractivity contribution < 1.29 is 18.7 Å². The van der Waals surface area contributed by atoms with E-state index in [0.717, 1.165) is 0 Å². The van der Waals surface area contributed by atoms with Crippen molar-refractivity contribution in [2.24, 2.45) is 0 Å². The molecule has 0 unspecified atom stereocenters. The van der Waals surface area contributed by atoms with Crippen molar-refractivity contribution in [2.75, 3.05) is 23.3 Å². The Balaban J connectivity index is 1.67. The molecule has 28 heavy (non-hydrogen) atoms. The zero-order valence-electron chi connectivity index (χ0n) is 16.6. The van der Waals surface area contributed by atoms with Gasteiger partial charge in [-0.1, -0.05) is 0 Å². The van der Waals surface area contributed by atoms with Crippen molar-refractivity contribution in [1.29, 1.82) is 0 Å². The molecule has 1 aromatic heterocycles. The van der Waals surface area contributed by atoms with Gasteiger partial charge in [0, 0.05) is 31.0 Å². The van der Waals surface area contributed by atoms with Crippen LogP contribution in [0.3, 0.4) is 0 Å². The SMILES string of the molecule is CC(C)Oc1ccc(C(=O)Nc2ccc(N3C[C@@H](C)O[C@@H](C)C3)c(F)c2)cn1. The van der Waals surface area contributed by atoms with Crippen LogP contribution < -0.4 is 15.0 Å². The molecule has 1 aliphatic rings. The van der Waals surface area contributed by atoms with E-state index >= 15 is 0 Å². The van der Waals surface area contributed by atoms with Crippen LogP contribution in [0.5, 0.6) is 5.88 Å². The van der Waals surface area contributed by atoms with E-state index in [0.29, 0.717) is 35.9 Å². The monoisotopic (exact) mass is 387 g/mol. The summed E-state index contributed by atoms with van der Waals surface area (Å²) in [6.45, 7) is 9.01. The van der Waals surface area contributed by atoms with Crippen molar-refractivity contribution >= 4 is 17.3 Å². The molecule has 0 spiro atoms. The lowest BCUT2D eigenvalue weighted by atomic mass is 10.1. The second-order valence-electron chi connectivity index (χ2n) is 7.33. The van der Waals surface area contributed by atoms with Crippen LogP contribution in [0.15, 0.2) is 36.5 Å². The number of morpholine rings is 1. The molecular weight excluding hydrogens is 361 g/mol. The third kappa shape index (κ3) is 4.98. The van der Waals surface area contributed by atoms with Gasteiger partial charge in [0.15, 0.2) is 0 Å². The Morgan fingerprint density at radius 1 is 1.25 bits per heavy atom. The van der Waals surface area contributed by atoms with Crippen molar-refractivity contribution in [3.8, 4) is 5.88 Å². The lowest BCUT2D eigenvalue weighted by Crippen LogP contribution is -2.45. The number of halogens is 1. The van der Waals surface area contributed by atoms with E-state index in [1.165, 1.54) is 12.3 Å². The third-order valence-corrected chi connectivity index (χ3v) is 4.32. The average Bonchev–Trinajstić information content (AvgIpc) is 2.61. The highest BCUT2D eigenvalue weighted by molar-refractivity contribution is 6.04. The van der Waals surface area contributed by atoms with Gasteiger partial charge in [-0.2, -0.15) is 0 Å². The molecule has 1 saturated heterocycles.